The summed E-state index contributed by atoms with van der Waals surface area (Å²) in [6.45, 7) is 5.01. The lowest BCUT2D eigenvalue weighted by atomic mass is 9.89. The van der Waals surface area contributed by atoms with E-state index in [1.807, 2.05) is 17.0 Å². The monoisotopic (exact) mass is 462 g/mol. The zero-order valence-corrected chi connectivity index (χ0v) is 20.8. The lowest BCUT2D eigenvalue weighted by Crippen LogP contribution is -2.43. The Morgan fingerprint density at radius 1 is 1.00 bits per heavy atom. The van der Waals surface area contributed by atoms with Gasteiger partial charge >= 0.3 is 0 Å². The summed E-state index contributed by atoms with van der Waals surface area (Å²) in [7, 11) is 1.68. The number of benzene rings is 1. The fourth-order valence-corrected chi connectivity index (χ4v) is 6.04. The summed E-state index contributed by atoms with van der Waals surface area (Å²) in [5.74, 6) is 3.20. The molecule has 0 radical (unpaired) electrons. The Balaban J connectivity index is 1.35. The molecule has 1 unspecified atom stereocenters. The topological polar surface area (TPSA) is 58.6 Å². The number of fused-ring (bicyclic) bond motifs is 1. The number of piperidine rings is 1. The molecule has 0 spiro atoms. The molecule has 1 amide bonds. The Hall–Kier alpha value is -2.47. The first-order valence-corrected chi connectivity index (χ1v) is 13.2. The number of amides is 1. The van der Waals surface area contributed by atoms with Crippen LogP contribution in [0.1, 0.15) is 79.9 Å². The van der Waals surface area contributed by atoms with Gasteiger partial charge in [0, 0.05) is 42.7 Å². The summed E-state index contributed by atoms with van der Waals surface area (Å²) < 4.78 is 5.27. The summed E-state index contributed by atoms with van der Waals surface area (Å²) in [6.07, 6.45) is 11.2. The molecule has 182 valence electrons. The molecule has 1 aromatic heterocycles. The molecule has 2 fully saturated rings. The van der Waals surface area contributed by atoms with E-state index in [1.165, 1.54) is 50.6 Å². The van der Waals surface area contributed by atoms with Gasteiger partial charge in [-0.3, -0.25) is 14.6 Å². The quantitative estimate of drug-likeness (QED) is 0.616. The Bertz CT molecular complexity index is 1000. The van der Waals surface area contributed by atoms with Crippen molar-refractivity contribution in [3.05, 3.63) is 46.9 Å². The molecule has 5 rings (SSSR count). The van der Waals surface area contributed by atoms with Crippen LogP contribution in [0, 0.1) is 6.92 Å². The van der Waals surface area contributed by atoms with Gasteiger partial charge in [-0.2, -0.15) is 0 Å². The predicted octanol–water partition coefficient (Wildman–Crippen LogP) is 4.83. The number of likely N-dealkylation sites (tertiary alicyclic amines) is 1. The van der Waals surface area contributed by atoms with Gasteiger partial charge in [0.1, 0.15) is 17.4 Å². The van der Waals surface area contributed by atoms with Gasteiger partial charge in [0.2, 0.25) is 5.91 Å². The average molecular weight is 463 g/mol. The second-order valence-electron chi connectivity index (χ2n) is 10.2. The smallest absolute Gasteiger partial charge is 0.228 e. The normalized spacial score (nSPS) is 22.0. The molecule has 1 saturated carbocycles. The second kappa shape index (κ2) is 10.4. The molecule has 1 aliphatic carbocycles. The lowest BCUT2D eigenvalue weighted by Gasteiger charge is -2.40. The molecule has 0 N–H and O–H groups in total. The number of methoxy groups -OCH3 is 1. The molecule has 1 atom stereocenters. The Morgan fingerprint density at radius 2 is 1.79 bits per heavy atom. The van der Waals surface area contributed by atoms with Crippen LogP contribution in [0.3, 0.4) is 0 Å². The molecule has 6 heteroatoms. The number of anilines is 1. The maximum absolute atomic E-state index is 13.0. The molecule has 1 saturated heterocycles. The molecular weight excluding hydrogens is 424 g/mol. The number of carbonyl (C=O) groups excluding carboxylic acids is 1. The Kier molecular flexibility index (Phi) is 7.14. The van der Waals surface area contributed by atoms with Crippen molar-refractivity contribution in [1.29, 1.82) is 0 Å². The number of aromatic nitrogens is 2. The summed E-state index contributed by atoms with van der Waals surface area (Å²) in [5.41, 5.74) is 3.40. The molecule has 0 bridgehead atoms. The minimum atomic E-state index is 0.178. The molecule has 2 aromatic rings. The van der Waals surface area contributed by atoms with Crippen LogP contribution in [-0.2, 0) is 17.6 Å². The van der Waals surface area contributed by atoms with Gasteiger partial charge < -0.3 is 4.74 Å². The van der Waals surface area contributed by atoms with Gasteiger partial charge in [0.25, 0.3) is 0 Å². The molecule has 6 nitrogen and oxygen atoms in total. The minimum Gasteiger partial charge on any atom is -0.497 e. The van der Waals surface area contributed by atoms with Crippen LogP contribution in [0.25, 0.3) is 0 Å². The van der Waals surface area contributed by atoms with Crippen molar-refractivity contribution in [2.24, 2.45) is 0 Å². The molecule has 34 heavy (non-hydrogen) atoms. The van der Waals surface area contributed by atoms with Crippen molar-refractivity contribution in [2.75, 3.05) is 31.6 Å². The molecular formula is C28H38N4O2. The largest absolute Gasteiger partial charge is 0.497 e. The van der Waals surface area contributed by atoms with Crippen LogP contribution >= 0.6 is 0 Å². The number of aryl methyl sites for hydroxylation is 1. The van der Waals surface area contributed by atoms with E-state index in [1.54, 1.807) is 7.11 Å². The first kappa shape index (κ1) is 23.3. The number of ether oxygens (including phenoxy) is 1. The van der Waals surface area contributed by atoms with Gasteiger partial charge in [-0.05, 0) is 69.7 Å². The van der Waals surface area contributed by atoms with Gasteiger partial charge in [0.15, 0.2) is 0 Å². The van der Waals surface area contributed by atoms with Crippen LogP contribution in [0.15, 0.2) is 24.3 Å². The van der Waals surface area contributed by atoms with E-state index in [9.17, 15) is 4.79 Å². The summed E-state index contributed by atoms with van der Waals surface area (Å²) in [6, 6.07) is 8.84. The highest BCUT2D eigenvalue weighted by atomic mass is 16.5. The standard InChI is InChI=1S/C28H38N4O2/c1-20-25-14-15-26(33)32(18-16-21-10-12-24(34-2)13-11-21)28(25)30-27(29-20)22-7-6-17-31(19-22)23-8-4-3-5-9-23/h10-13,22-23H,3-9,14-19H2,1-2H3. The molecule has 1 aromatic carbocycles. The lowest BCUT2D eigenvalue weighted by molar-refractivity contribution is -0.118. The number of rotatable bonds is 6. The highest BCUT2D eigenvalue weighted by molar-refractivity contribution is 5.95. The van der Waals surface area contributed by atoms with E-state index in [-0.39, 0.29) is 5.91 Å². The highest BCUT2D eigenvalue weighted by Crippen LogP contribution is 2.34. The third kappa shape index (κ3) is 4.97. The van der Waals surface area contributed by atoms with E-state index >= 15 is 0 Å². The van der Waals surface area contributed by atoms with E-state index in [0.717, 1.165) is 60.5 Å². The van der Waals surface area contributed by atoms with Crippen LogP contribution in [0.2, 0.25) is 0 Å². The number of nitrogens with zero attached hydrogens (tertiary/aromatic N) is 4. The average Bonchev–Trinajstić information content (AvgIpc) is 2.89. The molecule has 2 aliphatic heterocycles. The molecule has 3 aliphatic rings. The maximum Gasteiger partial charge on any atom is 0.228 e. The fourth-order valence-electron chi connectivity index (χ4n) is 6.04. The maximum atomic E-state index is 13.0. The van der Waals surface area contributed by atoms with Crippen molar-refractivity contribution < 1.29 is 9.53 Å². The third-order valence-electron chi connectivity index (χ3n) is 8.05. The van der Waals surface area contributed by atoms with E-state index < -0.39 is 0 Å². The zero-order chi connectivity index (χ0) is 23.5. The second-order valence-corrected chi connectivity index (χ2v) is 10.2. The van der Waals surface area contributed by atoms with Crippen molar-refractivity contribution in [3.63, 3.8) is 0 Å². The van der Waals surface area contributed by atoms with Gasteiger partial charge in [-0.25, -0.2) is 9.97 Å². The van der Waals surface area contributed by atoms with Crippen molar-refractivity contribution in [3.8, 4) is 5.75 Å². The number of carbonyl (C=O) groups is 1. The Morgan fingerprint density at radius 3 is 2.56 bits per heavy atom. The number of hydrogen-bond acceptors (Lipinski definition) is 5. The molecule has 3 heterocycles. The zero-order valence-electron chi connectivity index (χ0n) is 20.8. The van der Waals surface area contributed by atoms with Crippen LogP contribution < -0.4 is 9.64 Å². The summed E-state index contributed by atoms with van der Waals surface area (Å²) in [4.78, 5) is 27.7. The van der Waals surface area contributed by atoms with Gasteiger partial charge in [-0.15, -0.1) is 0 Å². The van der Waals surface area contributed by atoms with E-state index in [0.29, 0.717) is 18.9 Å². The first-order valence-electron chi connectivity index (χ1n) is 13.2. The first-order chi connectivity index (χ1) is 16.6. The third-order valence-corrected chi connectivity index (χ3v) is 8.05. The number of hydrogen-bond donors (Lipinski definition) is 0. The SMILES string of the molecule is COc1ccc(CCN2C(=O)CCc3c(C)nc(C4CCCN(C5CCCCC5)C4)nc32)cc1. The van der Waals surface area contributed by atoms with Crippen LogP contribution in [0.4, 0.5) is 5.82 Å². The highest BCUT2D eigenvalue weighted by Gasteiger charge is 2.32. The fraction of sp³-hybridized carbons (Fsp3) is 0.607. The predicted molar refractivity (Wildman–Crippen MR) is 135 cm³/mol. The summed E-state index contributed by atoms with van der Waals surface area (Å²) in [5, 5.41) is 0. The van der Waals surface area contributed by atoms with Gasteiger partial charge in [0.05, 0.1) is 7.11 Å². The van der Waals surface area contributed by atoms with E-state index in [2.05, 4.69) is 24.0 Å². The van der Waals surface area contributed by atoms with Crippen molar-refractivity contribution in [1.82, 2.24) is 14.9 Å². The summed E-state index contributed by atoms with van der Waals surface area (Å²) >= 11 is 0. The minimum absolute atomic E-state index is 0.178. The van der Waals surface area contributed by atoms with Crippen LogP contribution in [0.5, 0.6) is 5.75 Å². The van der Waals surface area contributed by atoms with Gasteiger partial charge in [-0.1, -0.05) is 31.4 Å². The van der Waals surface area contributed by atoms with Crippen LogP contribution in [-0.4, -0.2) is 53.6 Å². The Labute approximate surface area is 203 Å². The van der Waals surface area contributed by atoms with E-state index in [4.69, 9.17) is 14.7 Å². The van der Waals surface area contributed by atoms with Crippen molar-refractivity contribution in [2.45, 2.75) is 83.1 Å². The van der Waals surface area contributed by atoms with Crippen molar-refractivity contribution >= 4 is 11.7 Å².